The molecule has 0 aliphatic carbocycles. The second-order valence-electron chi connectivity index (χ2n) is 6.33. The van der Waals surface area contributed by atoms with Gasteiger partial charge in [0.05, 0.1) is 6.26 Å². The molecule has 0 spiro atoms. The molecular weight excluding hydrogens is 378 g/mol. The van der Waals surface area contributed by atoms with E-state index in [0.29, 0.717) is 24.0 Å². The molecule has 1 aromatic carbocycles. The van der Waals surface area contributed by atoms with E-state index in [-0.39, 0.29) is 12.5 Å². The Morgan fingerprint density at radius 2 is 2.11 bits per heavy atom. The lowest BCUT2D eigenvalue weighted by atomic mass is 10.2. The van der Waals surface area contributed by atoms with Gasteiger partial charge in [-0.05, 0) is 24.5 Å². The number of amides is 2. The Labute approximate surface area is 166 Å². The molecule has 1 aliphatic rings. The fourth-order valence-corrected chi connectivity index (χ4v) is 3.86. The van der Waals surface area contributed by atoms with Crippen LogP contribution in [-0.2, 0) is 16.1 Å². The second kappa shape index (κ2) is 8.26. The average Bonchev–Trinajstić information content (AvgIpc) is 3.49. The first-order valence-corrected chi connectivity index (χ1v) is 9.86. The van der Waals surface area contributed by atoms with E-state index in [1.165, 1.54) is 27.4 Å². The topological polar surface area (TPSA) is 75.9 Å². The summed E-state index contributed by atoms with van der Waals surface area (Å²) in [6.07, 6.45) is 3.95. The number of rotatable bonds is 5. The van der Waals surface area contributed by atoms with Gasteiger partial charge in [-0.15, -0.1) is 11.3 Å². The number of carbonyl (C=O) groups is 2. The summed E-state index contributed by atoms with van der Waals surface area (Å²) < 4.78 is 10.9. The van der Waals surface area contributed by atoms with E-state index < -0.39 is 12.1 Å². The first-order valence-electron chi connectivity index (χ1n) is 8.98. The molecule has 0 bridgehead atoms. The van der Waals surface area contributed by atoms with Crippen LogP contribution in [0.3, 0.4) is 0 Å². The van der Waals surface area contributed by atoms with Crippen LogP contribution in [0.4, 0.5) is 15.8 Å². The summed E-state index contributed by atoms with van der Waals surface area (Å²) in [5, 5.41) is 2.29. The number of anilines is 2. The van der Waals surface area contributed by atoms with Crippen molar-refractivity contribution in [2.24, 2.45) is 0 Å². The van der Waals surface area contributed by atoms with E-state index in [2.05, 4.69) is 4.98 Å². The van der Waals surface area contributed by atoms with Gasteiger partial charge in [0, 0.05) is 24.2 Å². The average molecular weight is 397 g/mol. The maximum Gasteiger partial charge on any atom is 0.410 e. The molecule has 1 aliphatic heterocycles. The number of carbonyl (C=O) groups excluding carboxylic acids is 2. The molecule has 1 atom stereocenters. The summed E-state index contributed by atoms with van der Waals surface area (Å²) in [5.41, 5.74) is 0.901. The minimum absolute atomic E-state index is 0.172. The molecule has 28 heavy (non-hydrogen) atoms. The fraction of sp³-hybridized carbons (Fsp3) is 0.250. The molecule has 2 amide bonds. The zero-order valence-electron chi connectivity index (χ0n) is 15.1. The van der Waals surface area contributed by atoms with Crippen LogP contribution in [0.1, 0.15) is 18.4 Å². The molecule has 3 heterocycles. The summed E-state index contributed by atoms with van der Waals surface area (Å²) >= 11 is 1.33. The summed E-state index contributed by atoms with van der Waals surface area (Å²) in [6.45, 7) is 0.652. The van der Waals surface area contributed by atoms with Crippen molar-refractivity contribution in [1.29, 1.82) is 0 Å². The van der Waals surface area contributed by atoms with Crippen molar-refractivity contribution < 1.29 is 18.7 Å². The van der Waals surface area contributed by atoms with Gasteiger partial charge in [0.25, 0.3) is 5.91 Å². The van der Waals surface area contributed by atoms with Crippen molar-refractivity contribution in [3.05, 3.63) is 65.9 Å². The molecule has 0 N–H and O–H groups in total. The Balaban J connectivity index is 1.50. The predicted octanol–water partition coefficient (Wildman–Crippen LogP) is 4.20. The van der Waals surface area contributed by atoms with E-state index in [1.807, 2.05) is 30.3 Å². The zero-order valence-corrected chi connectivity index (χ0v) is 15.9. The third kappa shape index (κ3) is 3.77. The Hall–Kier alpha value is -3.13. The molecule has 0 radical (unpaired) electrons. The molecule has 2 aromatic heterocycles. The minimum atomic E-state index is -0.614. The standard InChI is InChI=1S/C20H19N3O4S/c24-18(23(17-9-5-12-26-17)19-21-10-13-28-19)16-8-4-11-22(16)20(25)27-14-15-6-2-1-3-7-15/h1-3,5-7,9-10,12-13,16H,4,8,11,14H2. The zero-order chi connectivity index (χ0) is 19.3. The highest BCUT2D eigenvalue weighted by Gasteiger charge is 2.39. The first-order chi connectivity index (χ1) is 13.7. The lowest BCUT2D eigenvalue weighted by molar-refractivity contribution is -0.122. The van der Waals surface area contributed by atoms with Gasteiger partial charge in [0.2, 0.25) is 5.88 Å². The summed E-state index contributed by atoms with van der Waals surface area (Å²) in [7, 11) is 0. The van der Waals surface area contributed by atoms with E-state index in [9.17, 15) is 9.59 Å². The number of furan rings is 1. The normalized spacial score (nSPS) is 16.1. The van der Waals surface area contributed by atoms with E-state index in [1.54, 1.807) is 23.7 Å². The number of nitrogens with zero attached hydrogens (tertiary/aromatic N) is 3. The Bertz CT molecular complexity index is 878. The van der Waals surface area contributed by atoms with E-state index in [0.717, 1.165) is 12.0 Å². The molecule has 0 saturated carbocycles. The van der Waals surface area contributed by atoms with Crippen LogP contribution >= 0.6 is 11.3 Å². The Kier molecular flexibility index (Phi) is 5.38. The van der Waals surface area contributed by atoms with Gasteiger partial charge in [-0.3, -0.25) is 9.69 Å². The summed E-state index contributed by atoms with van der Waals surface area (Å²) in [5.74, 6) is 0.128. The lowest BCUT2D eigenvalue weighted by Crippen LogP contribution is -2.46. The van der Waals surface area contributed by atoms with Crippen molar-refractivity contribution in [2.45, 2.75) is 25.5 Å². The highest BCUT2D eigenvalue weighted by Crippen LogP contribution is 2.31. The number of hydrogen-bond acceptors (Lipinski definition) is 6. The van der Waals surface area contributed by atoms with Gasteiger partial charge in [-0.25, -0.2) is 14.7 Å². The Morgan fingerprint density at radius 3 is 2.82 bits per heavy atom. The van der Waals surface area contributed by atoms with E-state index >= 15 is 0 Å². The van der Waals surface area contributed by atoms with Crippen molar-refractivity contribution in [3.8, 4) is 0 Å². The number of thiazole rings is 1. The van der Waals surface area contributed by atoms with Crippen LogP contribution in [0.5, 0.6) is 0 Å². The maximum absolute atomic E-state index is 13.3. The van der Waals surface area contributed by atoms with Crippen molar-refractivity contribution in [1.82, 2.24) is 9.88 Å². The molecule has 7 nitrogen and oxygen atoms in total. The largest absolute Gasteiger partial charge is 0.448 e. The van der Waals surface area contributed by atoms with Crippen molar-refractivity contribution >= 4 is 34.4 Å². The smallest absolute Gasteiger partial charge is 0.410 e. The van der Waals surface area contributed by atoms with Gasteiger partial charge < -0.3 is 9.15 Å². The Morgan fingerprint density at radius 1 is 1.25 bits per heavy atom. The molecule has 3 aromatic rings. The van der Waals surface area contributed by atoms with Gasteiger partial charge in [-0.2, -0.15) is 0 Å². The third-order valence-electron chi connectivity index (χ3n) is 4.54. The lowest BCUT2D eigenvalue weighted by Gasteiger charge is -2.27. The maximum atomic E-state index is 13.3. The predicted molar refractivity (Wildman–Crippen MR) is 104 cm³/mol. The van der Waals surface area contributed by atoms with Crippen LogP contribution < -0.4 is 4.90 Å². The fourth-order valence-electron chi connectivity index (χ4n) is 3.21. The molecule has 1 unspecified atom stereocenters. The number of ether oxygens (including phenoxy) is 1. The number of likely N-dealkylation sites (tertiary alicyclic amines) is 1. The first kappa shape index (κ1) is 18.2. The van der Waals surface area contributed by atoms with Crippen LogP contribution in [0, 0.1) is 0 Å². The number of aromatic nitrogens is 1. The number of benzene rings is 1. The van der Waals surface area contributed by atoms with Gasteiger partial charge >= 0.3 is 6.09 Å². The molecule has 8 heteroatoms. The van der Waals surface area contributed by atoms with Crippen LogP contribution in [0.15, 0.2) is 64.7 Å². The van der Waals surface area contributed by atoms with Gasteiger partial charge in [-0.1, -0.05) is 30.3 Å². The molecule has 1 saturated heterocycles. The number of hydrogen-bond donors (Lipinski definition) is 0. The van der Waals surface area contributed by atoms with Crippen LogP contribution in [-0.4, -0.2) is 34.5 Å². The molecule has 144 valence electrons. The summed E-state index contributed by atoms with van der Waals surface area (Å²) in [4.78, 5) is 33.1. The SMILES string of the molecule is O=C(C1CCCN1C(=O)OCc1ccccc1)N(c1ccco1)c1nccs1. The van der Waals surface area contributed by atoms with Gasteiger partial charge in [0.1, 0.15) is 12.6 Å². The molecule has 1 fully saturated rings. The van der Waals surface area contributed by atoms with Crippen LogP contribution in [0.2, 0.25) is 0 Å². The molecule has 4 rings (SSSR count). The van der Waals surface area contributed by atoms with E-state index in [4.69, 9.17) is 9.15 Å². The van der Waals surface area contributed by atoms with Crippen molar-refractivity contribution in [3.63, 3.8) is 0 Å². The minimum Gasteiger partial charge on any atom is -0.448 e. The highest BCUT2D eigenvalue weighted by molar-refractivity contribution is 7.13. The second-order valence-corrected chi connectivity index (χ2v) is 7.20. The van der Waals surface area contributed by atoms with Crippen LogP contribution in [0.25, 0.3) is 0 Å². The highest BCUT2D eigenvalue weighted by atomic mass is 32.1. The van der Waals surface area contributed by atoms with Gasteiger partial charge in [0.15, 0.2) is 5.13 Å². The van der Waals surface area contributed by atoms with Crippen molar-refractivity contribution in [2.75, 3.05) is 11.4 Å². The monoisotopic (exact) mass is 397 g/mol. The third-order valence-corrected chi connectivity index (χ3v) is 5.29. The molecular formula is C20H19N3O4S. The summed E-state index contributed by atoms with van der Waals surface area (Å²) in [6, 6.07) is 12.3. The quantitative estimate of drug-likeness (QED) is 0.645.